The van der Waals surface area contributed by atoms with E-state index in [1.165, 1.54) is 44.9 Å². The lowest BCUT2D eigenvalue weighted by Gasteiger charge is -2.07. The quantitative estimate of drug-likeness (QED) is 0.0543. The van der Waals surface area contributed by atoms with E-state index in [9.17, 15) is 0 Å². The Bertz CT molecular complexity index is 1600. The molecule has 4 rings (SSSR count). The van der Waals surface area contributed by atoms with Crippen LogP contribution < -0.4 is 9.47 Å². The Hall–Kier alpha value is -3.99. The molecule has 9 heteroatoms. The second-order valence-electron chi connectivity index (χ2n) is 11.4. The van der Waals surface area contributed by atoms with Crippen LogP contribution >= 0.6 is 22.6 Å². The van der Waals surface area contributed by atoms with E-state index in [1.807, 2.05) is 91.9 Å². The fraction of sp³-hybridized carbons (Fsp3) is 0.368. The molecule has 0 spiro atoms. The monoisotopic (exact) mass is 744 g/mol. The third kappa shape index (κ3) is 13.0. The fourth-order valence-corrected chi connectivity index (χ4v) is 5.22. The Balaban J connectivity index is 1.25. The predicted molar refractivity (Wildman–Crippen MR) is 200 cm³/mol. The first-order chi connectivity index (χ1) is 23.0. The van der Waals surface area contributed by atoms with Crippen molar-refractivity contribution in [1.82, 2.24) is 0 Å². The van der Waals surface area contributed by atoms with Crippen LogP contribution in [0.25, 0.3) is 0 Å². The summed E-state index contributed by atoms with van der Waals surface area (Å²) in [5.74, 6) is 1.73. The SMILES string of the molecule is CCCCCCCOc1ccc(N=Nc2ccc(N=Nc3ccc(N=Nc4ccc(OCCCCCC)cc4)c(C)c3)cc2)c(I)c1. The molecule has 0 saturated heterocycles. The highest BCUT2D eigenvalue weighted by Crippen LogP contribution is 2.30. The number of rotatable bonds is 19. The highest BCUT2D eigenvalue weighted by molar-refractivity contribution is 14.1. The Morgan fingerprint density at radius 2 is 0.915 bits per heavy atom. The topological polar surface area (TPSA) is 92.6 Å². The Kier molecular flexibility index (Phi) is 15.5. The minimum atomic E-state index is 0.726. The average Bonchev–Trinajstić information content (AvgIpc) is 3.09. The zero-order valence-corrected chi connectivity index (χ0v) is 29.9. The van der Waals surface area contributed by atoms with Gasteiger partial charge in [0.2, 0.25) is 0 Å². The molecule has 0 atom stereocenters. The number of benzene rings is 4. The van der Waals surface area contributed by atoms with E-state index in [-0.39, 0.29) is 0 Å². The first kappa shape index (κ1) is 35.9. The molecule has 0 aliphatic heterocycles. The van der Waals surface area contributed by atoms with Crippen molar-refractivity contribution < 1.29 is 9.47 Å². The minimum absolute atomic E-state index is 0.726. The first-order valence-electron chi connectivity index (χ1n) is 16.6. The molecule has 0 unspecified atom stereocenters. The summed E-state index contributed by atoms with van der Waals surface area (Å²) < 4.78 is 12.7. The van der Waals surface area contributed by atoms with Gasteiger partial charge in [0.25, 0.3) is 0 Å². The van der Waals surface area contributed by atoms with Gasteiger partial charge in [-0.2, -0.15) is 25.6 Å². The molecule has 0 saturated carbocycles. The summed E-state index contributed by atoms with van der Waals surface area (Å²) in [6.45, 7) is 7.91. The molecule has 0 heterocycles. The van der Waals surface area contributed by atoms with Gasteiger partial charge in [0.1, 0.15) is 11.5 Å². The summed E-state index contributed by atoms with van der Waals surface area (Å²) >= 11 is 2.27. The summed E-state index contributed by atoms with van der Waals surface area (Å²) in [6, 6.07) is 26.8. The van der Waals surface area contributed by atoms with Gasteiger partial charge in [-0.05, 0) is 133 Å². The number of hydrogen-bond acceptors (Lipinski definition) is 8. The van der Waals surface area contributed by atoms with E-state index < -0.39 is 0 Å². The van der Waals surface area contributed by atoms with Crippen molar-refractivity contribution in [3.05, 3.63) is 94.1 Å². The van der Waals surface area contributed by atoms with Crippen molar-refractivity contribution in [1.29, 1.82) is 0 Å². The van der Waals surface area contributed by atoms with E-state index in [2.05, 4.69) is 67.1 Å². The number of azo groups is 3. The molecule has 0 aliphatic rings. The highest BCUT2D eigenvalue weighted by Gasteiger charge is 2.04. The molecule has 246 valence electrons. The number of unbranched alkanes of at least 4 members (excludes halogenated alkanes) is 7. The van der Waals surface area contributed by atoms with Gasteiger partial charge in [-0.3, -0.25) is 0 Å². The van der Waals surface area contributed by atoms with Gasteiger partial charge < -0.3 is 9.47 Å². The third-order valence-electron chi connectivity index (χ3n) is 7.40. The van der Waals surface area contributed by atoms with Crippen LogP contribution in [-0.4, -0.2) is 13.2 Å². The Labute approximate surface area is 293 Å². The first-order valence-corrected chi connectivity index (χ1v) is 17.7. The van der Waals surface area contributed by atoms with Crippen LogP contribution in [0.3, 0.4) is 0 Å². The van der Waals surface area contributed by atoms with Crippen molar-refractivity contribution in [3.8, 4) is 11.5 Å². The predicted octanol–water partition coefficient (Wildman–Crippen LogP) is 14.2. The zero-order chi connectivity index (χ0) is 33.1. The molecule has 4 aromatic rings. The highest BCUT2D eigenvalue weighted by atomic mass is 127. The smallest absolute Gasteiger partial charge is 0.120 e. The normalized spacial score (nSPS) is 11.7. The van der Waals surface area contributed by atoms with Gasteiger partial charge in [-0.25, -0.2) is 0 Å². The van der Waals surface area contributed by atoms with E-state index in [0.717, 1.165) is 80.8 Å². The molecule has 8 nitrogen and oxygen atoms in total. The van der Waals surface area contributed by atoms with Crippen molar-refractivity contribution in [2.45, 2.75) is 78.6 Å². The summed E-state index contributed by atoms with van der Waals surface area (Å²) in [4.78, 5) is 0. The van der Waals surface area contributed by atoms with E-state index >= 15 is 0 Å². The zero-order valence-electron chi connectivity index (χ0n) is 27.7. The fourth-order valence-electron chi connectivity index (χ4n) is 4.62. The van der Waals surface area contributed by atoms with Crippen LogP contribution in [-0.2, 0) is 0 Å². The summed E-state index contributed by atoms with van der Waals surface area (Å²) in [7, 11) is 0. The maximum absolute atomic E-state index is 5.90. The van der Waals surface area contributed by atoms with Crippen molar-refractivity contribution in [2.24, 2.45) is 30.7 Å². The summed E-state index contributed by atoms with van der Waals surface area (Å²) in [5.41, 5.74) is 5.53. The second-order valence-corrected chi connectivity index (χ2v) is 12.5. The lowest BCUT2D eigenvalue weighted by Crippen LogP contribution is -1.97. The molecule has 0 aliphatic carbocycles. The molecule has 0 fully saturated rings. The van der Waals surface area contributed by atoms with Crippen LogP contribution in [0.4, 0.5) is 34.1 Å². The van der Waals surface area contributed by atoms with E-state index in [4.69, 9.17) is 9.47 Å². The lowest BCUT2D eigenvalue weighted by molar-refractivity contribution is 0.304. The van der Waals surface area contributed by atoms with Crippen LogP contribution in [0.1, 0.15) is 77.2 Å². The number of ether oxygens (including phenoxy) is 2. The average molecular weight is 745 g/mol. The van der Waals surface area contributed by atoms with Gasteiger partial charge in [0, 0.05) is 3.57 Å². The number of nitrogens with zero attached hydrogens (tertiary/aromatic N) is 6. The standard InChI is InChI=1S/C38H45IN6O2/c1-4-6-8-10-12-26-47-35-22-24-38(36(39)28-35)45-42-31-15-13-30(14-16-31)40-43-33-19-23-37(29(3)27-33)44-41-32-17-20-34(21-18-32)46-25-11-9-7-5-2/h13-24,27-28H,4-12,25-26H2,1-3H3. The summed E-state index contributed by atoms with van der Waals surface area (Å²) in [6.07, 6.45) is 10.9. The minimum Gasteiger partial charge on any atom is -0.494 e. The number of halogens is 1. The second kappa shape index (κ2) is 20.3. The molecular weight excluding hydrogens is 699 g/mol. The van der Waals surface area contributed by atoms with Crippen molar-refractivity contribution in [3.63, 3.8) is 0 Å². The third-order valence-corrected chi connectivity index (χ3v) is 8.26. The molecule has 4 aromatic carbocycles. The Morgan fingerprint density at radius 3 is 1.51 bits per heavy atom. The van der Waals surface area contributed by atoms with Crippen molar-refractivity contribution in [2.75, 3.05) is 13.2 Å². The van der Waals surface area contributed by atoms with Gasteiger partial charge >= 0.3 is 0 Å². The summed E-state index contributed by atoms with van der Waals surface area (Å²) in [5, 5.41) is 26.4. The number of aryl methyl sites for hydroxylation is 1. The molecular formula is C38H45IN6O2. The maximum Gasteiger partial charge on any atom is 0.120 e. The number of hydrogen-bond donors (Lipinski definition) is 0. The van der Waals surface area contributed by atoms with Crippen LogP contribution in [0.15, 0.2) is 116 Å². The van der Waals surface area contributed by atoms with Gasteiger partial charge in [0.15, 0.2) is 0 Å². The van der Waals surface area contributed by atoms with E-state index in [0.29, 0.717) is 0 Å². The van der Waals surface area contributed by atoms with Crippen LogP contribution in [0, 0.1) is 10.5 Å². The van der Waals surface area contributed by atoms with E-state index in [1.54, 1.807) is 0 Å². The van der Waals surface area contributed by atoms with Gasteiger partial charge in [-0.1, -0.05) is 58.8 Å². The molecule has 0 bridgehead atoms. The van der Waals surface area contributed by atoms with Gasteiger partial charge in [-0.15, -0.1) is 5.11 Å². The van der Waals surface area contributed by atoms with Crippen LogP contribution in [0.5, 0.6) is 11.5 Å². The van der Waals surface area contributed by atoms with Crippen molar-refractivity contribution >= 4 is 56.7 Å². The molecule has 47 heavy (non-hydrogen) atoms. The largest absolute Gasteiger partial charge is 0.494 e. The molecule has 0 N–H and O–H groups in total. The van der Waals surface area contributed by atoms with Crippen LogP contribution in [0.2, 0.25) is 0 Å². The lowest BCUT2D eigenvalue weighted by atomic mass is 10.2. The maximum atomic E-state index is 5.90. The Morgan fingerprint density at radius 1 is 0.468 bits per heavy atom. The molecule has 0 amide bonds. The van der Waals surface area contributed by atoms with Gasteiger partial charge in [0.05, 0.1) is 47.3 Å². The molecule has 0 radical (unpaired) electrons. The molecule has 0 aromatic heterocycles.